The largest absolute Gasteiger partial charge is 0.394 e. The topological polar surface area (TPSA) is 58.9 Å². The van der Waals surface area contributed by atoms with E-state index in [0.717, 1.165) is 0 Å². The van der Waals surface area contributed by atoms with Crippen LogP contribution in [0.2, 0.25) is 0 Å². The molecule has 1 rings (SSSR count). The van der Waals surface area contributed by atoms with Gasteiger partial charge in [-0.1, -0.05) is 6.08 Å². The Morgan fingerprint density at radius 2 is 2.31 bits per heavy atom. The maximum Gasteiger partial charge on any atom is 0.112 e. The number of hydrogen-bond acceptors (Lipinski definition) is 4. The molecule has 0 amide bonds. The summed E-state index contributed by atoms with van der Waals surface area (Å²) in [7, 11) is 0. The highest BCUT2D eigenvalue weighted by Crippen LogP contribution is 2.23. The molecule has 0 aliphatic carbocycles. The maximum absolute atomic E-state index is 9.60. The summed E-state index contributed by atoms with van der Waals surface area (Å²) in [5, 5.41) is 18.4. The van der Waals surface area contributed by atoms with Crippen LogP contribution in [-0.4, -0.2) is 47.8 Å². The average molecular weight is 188 g/mol. The molecule has 0 saturated carbocycles. The molecule has 1 aliphatic heterocycles. The number of aliphatic hydroxyl groups excluding tert-OH is 2. The van der Waals surface area contributed by atoms with Crippen LogP contribution >= 0.6 is 0 Å². The van der Waals surface area contributed by atoms with Crippen LogP contribution in [0.25, 0.3) is 0 Å². The molecule has 0 spiro atoms. The van der Waals surface area contributed by atoms with Gasteiger partial charge in [-0.05, 0) is 6.92 Å². The normalized spacial score (nSPS) is 39.3. The van der Waals surface area contributed by atoms with E-state index in [0.29, 0.717) is 6.61 Å². The predicted molar refractivity (Wildman–Crippen MR) is 47.4 cm³/mol. The van der Waals surface area contributed by atoms with Gasteiger partial charge < -0.3 is 19.7 Å². The van der Waals surface area contributed by atoms with E-state index in [2.05, 4.69) is 6.58 Å². The van der Waals surface area contributed by atoms with Crippen molar-refractivity contribution in [2.75, 3.05) is 13.2 Å². The zero-order valence-corrected chi connectivity index (χ0v) is 7.72. The third-order valence-corrected chi connectivity index (χ3v) is 2.16. The van der Waals surface area contributed by atoms with Crippen molar-refractivity contribution in [1.82, 2.24) is 0 Å². The summed E-state index contributed by atoms with van der Waals surface area (Å²) in [6, 6.07) is 0. The summed E-state index contributed by atoms with van der Waals surface area (Å²) in [6.45, 7) is 5.53. The fraction of sp³-hybridized carbons (Fsp3) is 0.778. The van der Waals surface area contributed by atoms with Gasteiger partial charge in [0.05, 0.1) is 19.3 Å². The third kappa shape index (κ3) is 2.28. The van der Waals surface area contributed by atoms with Gasteiger partial charge in [-0.3, -0.25) is 0 Å². The minimum atomic E-state index is -0.750. The first-order chi connectivity index (χ1) is 6.20. The van der Waals surface area contributed by atoms with E-state index in [-0.39, 0.29) is 18.8 Å². The molecule has 1 heterocycles. The highest BCUT2D eigenvalue weighted by atomic mass is 16.6. The van der Waals surface area contributed by atoms with Gasteiger partial charge in [0.25, 0.3) is 0 Å². The molecule has 0 radical (unpaired) electrons. The molecule has 4 nitrogen and oxygen atoms in total. The van der Waals surface area contributed by atoms with E-state index < -0.39 is 12.2 Å². The molecule has 0 aromatic heterocycles. The summed E-state index contributed by atoms with van der Waals surface area (Å²) in [5.74, 6) is 0. The quantitative estimate of drug-likeness (QED) is 0.595. The number of aliphatic hydroxyl groups is 2. The molecule has 76 valence electrons. The minimum absolute atomic E-state index is 0.181. The molecule has 1 unspecified atom stereocenters. The molecule has 1 fully saturated rings. The second kappa shape index (κ2) is 4.72. The van der Waals surface area contributed by atoms with Crippen LogP contribution in [0, 0.1) is 0 Å². The SMILES string of the molecule is C=CCO[C@H]1C(O)[C@@H](CO)O[C@H]1C. The van der Waals surface area contributed by atoms with Crippen LogP contribution in [-0.2, 0) is 9.47 Å². The molecule has 0 aromatic carbocycles. The van der Waals surface area contributed by atoms with E-state index in [9.17, 15) is 5.11 Å². The van der Waals surface area contributed by atoms with Crippen molar-refractivity contribution in [3.63, 3.8) is 0 Å². The van der Waals surface area contributed by atoms with Crippen LogP contribution in [0.15, 0.2) is 12.7 Å². The van der Waals surface area contributed by atoms with E-state index in [4.69, 9.17) is 14.6 Å². The fourth-order valence-electron chi connectivity index (χ4n) is 1.49. The fourth-order valence-corrected chi connectivity index (χ4v) is 1.49. The Balaban J connectivity index is 2.48. The van der Waals surface area contributed by atoms with E-state index >= 15 is 0 Å². The summed E-state index contributed by atoms with van der Waals surface area (Å²) < 4.78 is 10.6. The minimum Gasteiger partial charge on any atom is -0.394 e. The Bertz CT molecular complexity index is 171. The van der Waals surface area contributed by atoms with Gasteiger partial charge in [0.15, 0.2) is 0 Å². The molecular formula is C9H16O4. The Kier molecular flexibility index (Phi) is 3.87. The highest BCUT2D eigenvalue weighted by Gasteiger charge is 2.41. The zero-order chi connectivity index (χ0) is 9.84. The summed E-state index contributed by atoms with van der Waals surface area (Å²) in [4.78, 5) is 0. The van der Waals surface area contributed by atoms with Crippen LogP contribution in [0.4, 0.5) is 0 Å². The Morgan fingerprint density at radius 1 is 1.62 bits per heavy atom. The van der Waals surface area contributed by atoms with E-state index in [1.807, 2.05) is 6.92 Å². The molecule has 13 heavy (non-hydrogen) atoms. The maximum atomic E-state index is 9.60. The van der Waals surface area contributed by atoms with Gasteiger partial charge in [0.2, 0.25) is 0 Å². The molecule has 4 heteroatoms. The summed E-state index contributed by atoms with van der Waals surface area (Å²) in [6.07, 6.45) is -0.210. The van der Waals surface area contributed by atoms with Crippen molar-refractivity contribution in [2.24, 2.45) is 0 Å². The second-order valence-corrected chi connectivity index (χ2v) is 3.14. The molecule has 1 aliphatic rings. The predicted octanol–water partition coefficient (Wildman–Crippen LogP) is -0.302. The first-order valence-electron chi connectivity index (χ1n) is 4.37. The zero-order valence-electron chi connectivity index (χ0n) is 7.72. The van der Waals surface area contributed by atoms with E-state index in [1.165, 1.54) is 0 Å². The molecule has 2 N–H and O–H groups in total. The summed E-state index contributed by atoms with van der Waals surface area (Å²) >= 11 is 0. The highest BCUT2D eigenvalue weighted by molar-refractivity contribution is 4.90. The first-order valence-corrected chi connectivity index (χ1v) is 4.37. The third-order valence-electron chi connectivity index (χ3n) is 2.16. The first kappa shape index (κ1) is 10.7. The standard InChI is InChI=1S/C9H16O4/c1-3-4-12-9-6(2)13-7(5-10)8(9)11/h3,6-11H,1,4-5H2,2H3/t6-,7+,8?,9+/m0/s1. The van der Waals surface area contributed by atoms with Crippen molar-refractivity contribution < 1.29 is 19.7 Å². The number of ether oxygens (including phenoxy) is 2. The molecule has 0 aromatic rings. The van der Waals surface area contributed by atoms with Crippen molar-refractivity contribution in [3.05, 3.63) is 12.7 Å². The lowest BCUT2D eigenvalue weighted by Gasteiger charge is -2.17. The number of hydrogen-bond donors (Lipinski definition) is 2. The molecular weight excluding hydrogens is 172 g/mol. The van der Waals surface area contributed by atoms with Gasteiger partial charge in [0.1, 0.15) is 18.3 Å². The van der Waals surface area contributed by atoms with Gasteiger partial charge in [-0.25, -0.2) is 0 Å². The van der Waals surface area contributed by atoms with Gasteiger partial charge in [-0.2, -0.15) is 0 Å². The summed E-state index contributed by atoms with van der Waals surface area (Å²) in [5.41, 5.74) is 0. The van der Waals surface area contributed by atoms with Crippen molar-refractivity contribution in [2.45, 2.75) is 31.3 Å². The van der Waals surface area contributed by atoms with Crippen molar-refractivity contribution >= 4 is 0 Å². The van der Waals surface area contributed by atoms with Crippen molar-refractivity contribution in [3.8, 4) is 0 Å². The number of rotatable bonds is 4. The van der Waals surface area contributed by atoms with Crippen molar-refractivity contribution in [1.29, 1.82) is 0 Å². The van der Waals surface area contributed by atoms with Crippen LogP contribution < -0.4 is 0 Å². The molecule has 4 atom stereocenters. The van der Waals surface area contributed by atoms with Crippen LogP contribution in [0.5, 0.6) is 0 Å². The molecule has 1 saturated heterocycles. The Hall–Kier alpha value is -0.420. The Morgan fingerprint density at radius 3 is 2.77 bits per heavy atom. The second-order valence-electron chi connectivity index (χ2n) is 3.14. The van der Waals surface area contributed by atoms with E-state index in [1.54, 1.807) is 6.08 Å². The van der Waals surface area contributed by atoms with Gasteiger partial charge >= 0.3 is 0 Å². The lowest BCUT2D eigenvalue weighted by atomic mass is 10.1. The average Bonchev–Trinajstić information content (AvgIpc) is 2.39. The lowest BCUT2D eigenvalue weighted by Crippen LogP contribution is -2.35. The van der Waals surface area contributed by atoms with Crippen LogP contribution in [0.1, 0.15) is 6.92 Å². The van der Waals surface area contributed by atoms with Gasteiger partial charge in [-0.15, -0.1) is 6.58 Å². The van der Waals surface area contributed by atoms with Gasteiger partial charge in [0, 0.05) is 0 Å². The lowest BCUT2D eigenvalue weighted by molar-refractivity contribution is -0.0215. The smallest absolute Gasteiger partial charge is 0.112 e. The Labute approximate surface area is 77.8 Å². The molecule has 0 bridgehead atoms. The monoisotopic (exact) mass is 188 g/mol. The van der Waals surface area contributed by atoms with Crippen LogP contribution in [0.3, 0.4) is 0 Å².